The third-order valence-electron chi connectivity index (χ3n) is 9.37. The van der Waals surface area contributed by atoms with Crippen molar-refractivity contribution in [1.82, 2.24) is 20.0 Å². The lowest BCUT2D eigenvalue weighted by molar-refractivity contribution is -0.248. The third-order valence-corrected chi connectivity index (χ3v) is 9.82. The molecule has 3 heterocycles. The van der Waals surface area contributed by atoms with E-state index in [9.17, 15) is 19.6 Å². The first kappa shape index (κ1) is 31.8. The molecule has 1 amide bonds. The highest BCUT2D eigenvalue weighted by atomic mass is 35.5. The fraction of sp³-hybridized carbons (Fsp3) is 0.455. The second kappa shape index (κ2) is 12.9. The van der Waals surface area contributed by atoms with E-state index in [1.807, 2.05) is 23.1 Å². The van der Waals surface area contributed by atoms with E-state index < -0.39 is 29.8 Å². The highest BCUT2D eigenvalue weighted by Gasteiger charge is 2.61. The molecule has 1 unspecified atom stereocenters. The van der Waals surface area contributed by atoms with Gasteiger partial charge < -0.3 is 9.84 Å². The Bertz CT molecular complexity index is 1590. The zero-order valence-electron chi connectivity index (χ0n) is 24.6. The minimum Gasteiger partial charge on any atom is -0.396 e. The van der Waals surface area contributed by atoms with Crippen LogP contribution in [0, 0.1) is 22.7 Å². The largest absolute Gasteiger partial charge is 0.396 e. The Labute approximate surface area is 270 Å². The first-order valence-corrected chi connectivity index (χ1v) is 15.9. The molecule has 2 aliphatic heterocycles. The first-order chi connectivity index (χ1) is 21.7. The van der Waals surface area contributed by atoms with Gasteiger partial charge in [0.1, 0.15) is 5.82 Å². The lowest BCUT2D eigenvalue weighted by Crippen LogP contribution is -2.59. The Morgan fingerprint density at radius 3 is 2.38 bits per heavy atom. The Balaban J connectivity index is 1.54. The van der Waals surface area contributed by atoms with Crippen molar-refractivity contribution in [3.8, 4) is 17.2 Å². The lowest BCUT2D eigenvalue weighted by Gasteiger charge is -2.47. The van der Waals surface area contributed by atoms with Crippen molar-refractivity contribution in [3.63, 3.8) is 0 Å². The summed E-state index contributed by atoms with van der Waals surface area (Å²) >= 11 is 12.2. The number of aromatic nitrogens is 2. The number of aliphatic hydroxyl groups excluding tert-OH is 1. The molecule has 2 aromatic carbocycles. The third kappa shape index (κ3) is 5.93. The van der Waals surface area contributed by atoms with Crippen molar-refractivity contribution in [2.45, 2.75) is 50.3 Å². The van der Waals surface area contributed by atoms with Crippen LogP contribution in [0.25, 0.3) is 11.1 Å². The number of alkyl halides is 1. The molecule has 1 N–H and O–H groups in total. The second-order valence-electron chi connectivity index (χ2n) is 12.1. The Morgan fingerprint density at radius 1 is 1.09 bits per heavy atom. The summed E-state index contributed by atoms with van der Waals surface area (Å²) in [6, 6.07) is 12.1. The molecule has 6 rings (SSSR count). The molecule has 0 bridgehead atoms. The topological polar surface area (TPSA) is 103 Å². The number of likely N-dealkylation sites (tertiary alicyclic amines) is 1. The van der Waals surface area contributed by atoms with E-state index in [-0.39, 0.29) is 42.7 Å². The molecular weight excluding hydrogens is 623 g/mol. The van der Waals surface area contributed by atoms with Crippen molar-refractivity contribution in [2.75, 3.05) is 33.0 Å². The van der Waals surface area contributed by atoms with Gasteiger partial charge in [-0.15, -0.1) is 5.12 Å². The zero-order valence-corrected chi connectivity index (χ0v) is 26.1. The van der Waals surface area contributed by atoms with Gasteiger partial charge in [-0.3, -0.25) is 14.1 Å². The van der Waals surface area contributed by atoms with E-state index in [1.54, 1.807) is 18.2 Å². The fourth-order valence-electron chi connectivity index (χ4n) is 6.61. The van der Waals surface area contributed by atoms with Crippen LogP contribution in [0.5, 0.6) is 0 Å². The van der Waals surface area contributed by atoms with Crippen LogP contribution in [0.3, 0.4) is 0 Å². The number of rotatable bonds is 11. The molecule has 8 nitrogen and oxygen atoms in total. The second-order valence-corrected chi connectivity index (χ2v) is 13.0. The van der Waals surface area contributed by atoms with Crippen LogP contribution >= 0.6 is 23.2 Å². The number of fused-ring (bicyclic) bond motifs is 1. The molecule has 1 saturated carbocycles. The van der Waals surface area contributed by atoms with Crippen LogP contribution in [0.2, 0.25) is 10.0 Å². The van der Waals surface area contributed by atoms with Crippen molar-refractivity contribution in [3.05, 3.63) is 81.4 Å². The number of ether oxygens (including phenoxy) is 1. The molecule has 3 aliphatic rings. The number of halogens is 4. The Kier molecular flexibility index (Phi) is 9.10. The summed E-state index contributed by atoms with van der Waals surface area (Å²) in [7, 11) is 0. The monoisotopic (exact) mass is 655 g/mol. The SMILES string of the molecule is N#CC1(CO[C@@]2(C(CCO)N3CCC(CF)CC3)c3ccc(-c4ccc(Cl)cc4)c(Cc4ncc(Cl)cn4)c3C(=O)N2F)CC1. The van der Waals surface area contributed by atoms with E-state index in [1.165, 1.54) is 12.4 Å². The normalized spacial score (nSPS) is 21.9. The van der Waals surface area contributed by atoms with E-state index in [2.05, 4.69) is 16.0 Å². The van der Waals surface area contributed by atoms with Gasteiger partial charge in [0.15, 0.2) is 0 Å². The average Bonchev–Trinajstić information content (AvgIpc) is 3.82. The Morgan fingerprint density at radius 2 is 1.78 bits per heavy atom. The van der Waals surface area contributed by atoms with Crippen LogP contribution in [0.4, 0.5) is 8.87 Å². The van der Waals surface area contributed by atoms with Gasteiger partial charge in [0.2, 0.25) is 5.72 Å². The van der Waals surface area contributed by atoms with E-state index in [4.69, 9.17) is 27.9 Å². The molecule has 2 fully saturated rings. The van der Waals surface area contributed by atoms with Gasteiger partial charge in [-0.1, -0.05) is 51.9 Å². The summed E-state index contributed by atoms with van der Waals surface area (Å²) in [6.07, 6.45) is 5.41. The summed E-state index contributed by atoms with van der Waals surface area (Å²) < 4.78 is 37.1. The van der Waals surface area contributed by atoms with Gasteiger partial charge in [0.25, 0.3) is 5.91 Å². The van der Waals surface area contributed by atoms with Gasteiger partial charge in [0, 0.05) is 36.0 Å². The number of aliphatic hydroxyl groups is 1. The van der Waals surface area contributed by atoms with Gasteiger partial charge in [0.05, 0.1) is 41.4 Å². The molecule has 1 aliphatic carbocycles. The summed E-state index contributed by atoms with van der Waals surface area (Å²) in [4.78, 5) is 24.9. The predicted molar refractivity (Wildman–Crippen MR) is 165 cm³/mol. The molecule has 0 spiro atoms. The van der Waals surface area contributed by atoms with Crippen molar-refractivity contribution in [2.24, 2.45) is 11.3 Å². The summed E-state index contributed by atoms with van der Waals surface area (Å²) in [5.74, 6) is -0.623. The lowest BCUT2D eigenvalue weighted by atomic mass is 9.84. The number of nitrogens with zero attached hydrogens (tertiary/aromatic N) is 5. The maximum atomic E-state index is 17.0. The predicted octanol–water partition coefficient (Wildman–Crippen LogP) is 6.29. The number of nitriles is 1. The average molecular weight is 657 g/mol. The smallest absolute Gasteiger partial charge is 0.285 e. The van der Waals surface area contributed by atoms with Crippen molar-refractivity contribution < 1.29 is 23.5 Å². The first-order valence-electron chi connectivity index (χ1n) is 15.1. The fourth-order valence-corrected chi connectivity index (χ4v) is 6.84. The van der Waals surface area contributed by atoms with E-state index in [0.717, 1.165) is 5.56 Å². The Hall–Kier alpha value is -3.20. The van der Waals surface area contributed by atoms with Gasteiger partial charge in [-0.2, -0.15) is 5.26 Å². The maximum absolute atomic E-state index is 17.0. The highest BCUT2D eigenvalue weighted by molar-refractivity contribution is 6.30. The number of amides is 1. The van der Waals surface area contributed by atoms with Crippen LogP contribution in [-0.2, 0) is 16.9 Å². The summed E-state index contributed by atoms with van der Waals surface area (Å²) in [5, 5.41) is 21.1. The molecule has 0 radical (unpaired) electrons. The van der Waals surface area contributed by atoms with Crippen LogP contribution in [0.15, 0.2) is 48.8 Å². The molecule has 1 saturated heterocycles. The molecule has 45 heavy (non-hydrogen) atoms. The highest BCUT2D eigenvalue weighted by Crippen LogP contribution is 2.52. The molecule has 1 aromatic heterocycles. The number of hydrogen-bond donors (Lipinski definition) is 1. The molecule has 3 aromatic rings. The zero-order chi connectivity index (χ0) is 31.8. The quantitative estimate of drug-likeness (QED) is 0.242. The molecule has 2 atom stereocenters. The molecule has 236 valence electrons. The minimum absolute atomic E-state index is 0.0849. The number of hydrogen-bond acceptors (Lipinski definition) is 7. The summed E-state index contributed by atoms with van der Waals surface area (Å²) in [5.41, 5.74) is -0.394. The van der Waals surface area contributed by atoms with E-state index in [0.29, 0.717) is 71.3 Å². The van der Waals surface area contributed by atoms with Crippen molar-refractivity contribution >= 4 is 29.1 Å². The van der Waals surface area contributed by atoms with Crippen LogP contribution in [-0.4, -0.2) is 70.0 Å². The number of carbonyl (C=O) groups is 1. The van der Waals surface area contributed by atoms with E-state index >= 15 is 4.48 Å². The molecular formula is C33H33Cl2F2N5O3. The van der Waals surface area contributed by atoms with Crippen LogP contribution < -0.4 is 0 Å². The van der Waals surface area contributed by atoms with Gasteiger partial charge >= 0.3 is 0 Å². The molecule has 12 heteroatoms. The number of benzene rings is 2. The number of piperidine rings is 1. The number of carbonyl (C=O) groups excluding carboxylic acids is 1. The van der Waals surface area contributed by atoms with Crippen LogP contribution in [0.1, 0.15) is 59.4 Å². The maximum Gasteiger partial charge on any atom is 0.285 e. The minimum atomic E-state index is -1.96. The summed E-state index contributed by atoms with van der Waals surface area (Å²) in [6.45, 7) is 0.0614. The van der Waals surface area contributed by atoms with Crippen molar-refractivity contribution in [1.29, 1.82) is 5.26 Å². The standard InChI is InChI=1S/C33H33Cl2F2N5O3/c34-23-3-1-22(2-4-23)25-5-6-27-30(26(25)15-29-39-17-24(35)18-40-29)31(44)42(37)33(27,45-20-32(19-38)10-11-32)28(9-14-43)41-12-7-21(16-36)8-13-41/h1-6,17-18,21,28,43H,7-16,20H2/t28?,33-/m1/s1. The van der Waals surface area contributed by atoms with Gasteiger partial charge in [-0.25, -0.2) is 9.97 Å². The van der Waals surface area contributed by atoms with Gasteiger partial charge in [-0.05, 0) is 79.9 Å².